The third kappa shape index (κ3) is 3.87. The molecule has 1 fully saturated rings. The number of anilines is 1. The average molecular weight is 488 g/mol. The van der Waals surface area contributed by atoms with Crippen LogP contribution in [-0.4, -0.2) is 66.5 Å². The van der Waals surface area contributed by atoms with Crippen LogP contribution in [0.3, 0.4) is 0 Å². The fourth-order valence-electron chi connectivity index (χ4n) is 3.99. The number of amides is 5. The Bertz CT molecular complexity index is 1480. The van der Waals surface area contributed by atoms with Gasteiger partial charge in [0.1, 0.15) is 6.04 Å². The first-order valence-corrected chi connectivity index (χ1v) is 10.7. The number of hydrogen-bond acceptors (Lipinski definition) is 8. The van der Waals surface area contributed by atoms with Crippen molar-refractivity contribution in [1.82, 2.24) is 25.2 Å². The molecule has 36 heavy (non-hydrogen) atoms. The number of fused-ring (bicyclic) bond motifs is 1. The Morgan fingerprint density at radius 3 is 2.42 bits per heavy atom. The van der Waals surface area contributed by atoms with Crippen molar-refractivity contribution in [2.45, 2.75) is 18.9 Å². The zero-order valence-electron chi connectivity index (χ0n) is 18.3. The number of aromatic carboxylic acids is 1. The van der Waals surface area contributed by atoms with E-state index in [0.29, 0.717) is 11.4 Å². The molecular weight excluding hydrogens is 472 g/mol. The zero-order valence-corrected chi connectivity index (χ0v) is 18.3. The molecule has 2 aromatic carbocycles. The minimum absolute atomic E-state index is 0.0164. The molecule has 5 rings (SSSR count). The molecule has 1 saturated heterocycles. The molecule has 1 aromatic heterocycles. The summed E-state index contributed by atoms with van der Waals surface area (Å²) in [5.74, 6) is -4.16. The Labute approximate surface area is 201 Å². The van der Waals surface area contributed by atoms with Crippen LogP contribution >= 0.6 is 0 Å². The van der Waals surface area contributed by atoms with E-state index in [1.807, 2.05) is 0 Å². The van der Waals surface area contributed by atoms with Crippen molar-refractivity contribution in [3.63, 3.8) is 0 Å². The second-order valence-corrected chi connectivity index (χ2v) is 8.06. The second kappa shape index (κ2) is 8.54. The number of carbonyl (C=O) groups is 6. The van der Waals surface area contributed by atoms with E-state index in [1.54, 1.807) is 0 Å². The summed E-state index contributed by atoms with van der Waals surface area (Å²) in [6.45, 7) is 0. The highest BCUT2D eigenvalue weighted by Crippen LogP contribution is 2.29. The molecule has 3 aromatic rings. The van der Waals surface area contributed by atoms with Crippen LogP contribution in [0.4, 0.5) is 5.69 Å². The Morgan fingerprint density at radius 1 is 1.00 bits per heavy atom. The quantitative estimate of drug-likeness (QED) is 0.434. The molecule has 3 heterocycles. The van der Waals surface area contributed by atoms with Gasteiger partial charge in [-0.1, -0.05) is 5.21 Å². The Kier molecular flexibility index (Phi) is 5.36. The number of imide groups is 2. The Morgan fingerprint density at radius 2 is 1.72 bits per heavy atom. The predicted octanol–water partition coefficient (Wildman–Crippen LogP) is 0.619. The highest BCUT2D eigenvalue weighted by Gasteiger charge is 2.44. The molecule has 1 atom stereocenters. The van der Waals surface area contributed by atoms with E-state index in [-0.39, 0.29) is 35.2 Å². The highest BCUT2D eigenvalue weighted by molar-refractivity contribution is 6.23. The van der Waals surface area contributed by atoms with Crippen LogP contribution in [0.25, 0.3) is 5.69 Å². The van der Waals surface area contributed by atoms with Crippen molar-refractivity contribution in [3.8, 4) is 5.69 Å². The van der Waals surface area contributed by atoms with Crippen molar-refractivity contribution >= 4 is 41.2 Å². The number of nitrogens with one attached hydrogen (secondary N) is 2. The first-order valence-electron chi connectivity index (χ1n) is 10.7. The smallest absolute Gasteiger partial charge is 0.335 e. The van der Waals surface area contributed by atoms with E-state index in [4.69, 9.17) is 5.11 Å². The van der Waals surface area contributed by atoms with Gasteiger partial charge in [-0.3, -0.25) is 34.2 Å². The van der Waals surface area contributed by atoms with E-state index in [1.165, 1.54) is 53.3 Å². The minimum Gasteiger partial charge on any atom is -0.478 e. The fourth-order valence-corrected chi connectivity index (χ4v) is 3.99. The SMILES string of the molecule is O=C1CCC(N2C(=O)c3ccc(-n4cc(C(=O)Nc5ccc(C(=O)O)cc5)nn4)cc3C2=O)C(=O)N1. The number of carboxylic acids is 1. The van der Waals surface area contributed by atoms with Gasteiger partial charge >= 0.3 is 5.97 Å². The number of nitrogens with zero attached hydrogens (tertiary/aromatic N) is 4. The zero-order chi connectivity index (χ0) is 25.6. The summed E-state index contributed by atoms with van der Waals surface area (Å²) < 4.78 is 1.25. The van der Waals surface area contributed by atoms with Gasteiger partial charge in [-0.2, -0.15) is 0 Å². The number of benzene rings is 2. The topological polar surface area (TPSA) is 181 Å². The lowest BCUT2D eigenvalue weighted by Gasteiger charge is -2.27. The number of aromatic nitrogens is 3. The van der Waals surface area contributed by atoms with Gasteiger partial charge in [-0.15, -0.1) is 5.10 Å². The molecule has 2 aliphatic rings. The molecule has 13 heteroatoms. The van der Waals surface area contributed by atoms with E-state index < -0.39 is 41.5 Å². The van der Waals surface area contributed by atoms with Crippen molar-refractivity contribution in [3.05, 3.63) is 71.0 Å². The molecule has 0 bridgehead atoms. The molecule has 180 valence electrons. The van der Waals surface area contributed by atoms with Crippen molar-refractivity contribution in [2.75, 3.05) is 5.32 Å². The van der Waals surface area contributed by atoms with Crippen molar-refractivity contribution in [1.29, 1.82) is 0 Å². The van der Waals surface area contributed by atoms with Crippen LogP contribution in [0.15, 0.2) is 48.7 Å². The van der Waals surface area contributed by atoms with E-state index in [2.05, 4.69) is 20.9 Å². The van der Waals surface area contributed by atoms with Crippen LogP contribution in [-0.2, 0) is 9.59 Å². The lowest BCUT2D eigenvalue weighted by Crippen LogP contribution is -2.54. The minimum atomic E-state index is -1.09. The molecular formula is C23H16N6O7. The normalized spacial score (nSPS) is 17.1. The number of carbonyl (C=O) groups excluding carboxylic acids is 5. The Balaban J connectivity index is 1.34. The molecule has 1 unspecified atom stereocenters. The molecule has 13 nitrogen and oxygen atoms in total. The first-order chi connectivity index (χ1) is 17.2. The summed E-state index contributed by atoms with van der Waals surface area (Å²) in [5.41, 5.74) is 0.885. The van der Waals surface area contributed by atoms with Gasteiger partial charge in [0.25, 0.3) is 17.7 Å². The number of piperidine rings is 1. The highest BCUT2D eigenvalue weighted by atomic mass is 16.4. The van der Waals surface area contributed by atoms with E-state index >= 15 is 0 Å². The summed E-state index contributed by atoms with van der Waals surface area (Å²) >= 11 is 0. The number of hydrogen-bond donors (Lipinski definition) is 3. The third-order valence-corrected chi connectivity index (χ3v) is 5.80. The molecule has 3 N–H and O–H groups in total. The summed E-state index contributed by atoms with van der Waals surface area (Å²) in [6.07, 6.45) is 1.38. The lowest BCUT2D eigenvalue weighted by molar-refractivity contribution is -0.136. The molecule has 5 amide bonds. The molecule has 0 saturated carbocycles. The maximum absolute atomic E-state index is 13.0. The summed E-state index contributed by atoms with van der Waals surface area (Å²) in [4.78, 5) is 73.8. The van der Waals surface area contributed by atoms with Crippen LogP contribution in [0.5, 0.6) is 0 Å². The van der Waals surface area contributed by atoms with E-state index in [9.17, 15) is 28.8 Å². The summed E-state index contributed by atoms with van der Waals surface area (Å²) in [7, 11) is 0. The van der Waals surface area contributed by atoms with Crippen LogP contribution in [0.2, 0.25) is 0 Å². The van der Waals surface area contributed by atoms with Crippen molar-refractivity contribution < 1.29 is 33.9 Å². The summed E-state index contributed by atoms with van der Waals surface area (Å²) in [5, 5.41) is 21.4. The van der Waals surface area contributed by atoms with Gasteiger partial charge in [0, 0.05) is 12.1 Å². The van der Waals surface area contributed by atoms with Crippen LogP contribution in [0, 0.1) is 0 Å². The monoisotopic (exact) mass is 488 g/mol. The molecule has 0 aliphatic carbocycles. The van der Waals surface area contributed by atoms with Gasteiger partial charge in [0.2, 0.25) is 11.8 Å². The maximum Gasteiger partial charge on any atom is 0.335 e. The van der Waals surface area contributed by atoms with Gasteiger partial charge in [0.15, 0.2) is 5.69 Å². The molecule has 0 spiro atoms. The standard InChI is InChI=1S/C23H16N6O7/c30-18-8-7-17(20(32)25-18)29-21(33)14-6-5-13(9-15(14)22(29)34)28-10-16(26-27-28)19(31)24-12-3-1-11(2-4-12)23(35)36/h1-6,9-10,17H,7-8H2,(H,24,31)(H,35,36)(H,25,30,32). The van der Waals surface area contributed by atoms with E-state index in [0.717, 1.165) is 4.90 Å². The largest absolute Gasteiger partial charge is 0.478 e. The average Bonchev–Trinajstić information content (AvgIpc) is 3.44. The fraction of sp³-hybridized carbons (Fsp3) is 0.130. The third-order valence-electron chi connectivity index (χ3n) is 5.80. The summed E-state index contributed by atoms with van der Waals surface area (Å²) in [6, 6.07) is 8.81. The number of carboxylic acid groups (broad SMARTS) is 1. The first kappa shape index (κ1) is 22.6. The van der Waals surface area contributed by atoms with Crippen LogP contribution in [0.1, 0.15) is 54.4 Å². The van der Waals surface area contributed by atoms with Gasteiger partial charge < -0.3 is 10.4 Å². The number of rotatable bonds is 5. The maximum atomic E-state index is 13.0. The lowest BCUT2D eigenvalue weighted by atomic mass is 10.0. The molecule has 2 aliphatic heterocycles. The van der Waals surface area contributed by atoms with Crippen molar-refractivity contribution in [2.24, 2.45) is 0 Å². The van der Waals surface area contributed by atoms with Gasteiger partial charge in [0.05, 0.1) is 28.6 Å². The second-order valence-electron chi connectivity index (χ2n) is 8.06. The van der Waals surface area contributed by atoms with Gasteiger partial charge in [-0.25, -0.2) is 9.48 Å². The Hall–Kier alpha value is -5.20. The van der Waals surface area contributed by atoms with Crippen LogP contribution < -0.4 is 10.6 Å². The predicted molar refractivity (Wildman–Crippen MR) is 119 cm³/mol. The molecule has 0 radical (unpaired) electrons. The van der Waals surface area contributed by atoms with Gasteiger partial charge in [-0.05, 0) is 48.9 Å².